The lowest BCUT2D eigenvalue weighted by Crippen LogP contribution is -2.42. The summed E-state index contributed by atoms with van der Waals surface area (Å²) in [5.41, 5.74) is 0. The summed E-state index contributed by atoms with van der Waals surface area (Å²) < 4.78 is 24.9. The summed E-state index contributed by atoms with van der Waals surface area (Å²) in [5, 5.41) is 18.8. The smallest absolute Gasteiger partial charge is 0.324 e. The molecular formula is C7H9NO5S2. The van der Waals surface area contributed by atoms with Crippen LogP contribution in [-0.4, -0.2) is 37.2 Å². The van der Waals surface area contributed by atoms with Crippen LogP contribution in [0.2, 0.25) is 0 Å². The summed E-state index contributed by atoms with van der Waals surface area (Å²) in [4.78, 5) is 10.5. The standard InChI is InChI=1S/C7H9NO5S2/c9-4-5(7(10)11)8-15(12,13)6-2-1-3-14-6/h1-3,5,8-9H,4H2,(H,10,11)/t5-/m1/s1. The molecular weight excluding hydrogens is 242 g/mol. The molecule has 15 heavy (non-hydrogen) atoms. The molecule has 0 fully saturated rings. The van der Waals surface area contributed by atoms with Gasteiger partial charge in [0, 0.05) is 0 Å². The van der Waals surface area contributed by atoms with Crippen LogP contribution in [0, 0.1) is 0 Å². The summed E-state index contributed by atoms with van der Waals surface area (Å²) >= 11 is 0.969. The Morgan fingerprint density at radius 3 is 2.67 bits per heavy atom. The van der Waals surface area contributed by atoms with E-state index in [-0.39, 0.29) is 4.21 Å². The molecule has 3 N–H and O–H groups in total. The van der Waals surface area contributed by atoms with Gasteiger partial charge in [0.25, 0.3) is 10.0 Å². The Hall–Kier alpha value is -0.960. The Morgan fingerprint density at radius 1 is 1.60 bits per heavy atom. The van der Waals surface area contributed by atoms with Crippen molar-refractivity contribution in [1.29, 1.82) is 0 Å². The minimum Gasteiger partial charge on any atom is -0.480 e. The normalized spacial score (nSPS) is 13.7. The van der Waals surface area contributed by atoms with E-state index in [9.17, 15) is 13.2 Å². The van der Waals surface area contributed by atoms with Crippen molar-refractivity contribution < 1.29 is 23.4 Å². The largest absolute Gasteiger partial charge is 0.480 e. The molecule has 1 aromatic rings. The van der Waals surface area contributed by atoms with Crippen molar-refractivity contribution in [3.63, 3.8) is 0 Å². The van der Waals surface area contributed by atoms with E-state index in [1.165, 1.54) is 12.1 Å². The van der Waals surface area contributed by atoms with E-state index in [2.05, 4.69) is 0 Å². The first kappa shape index (κ1) is 12.1. The number of hydrogen-bond acceptors (Lipinski definition) is 5. The monoisotopic (exact) mass is 251 g/mol. The van der Waals surface area contributed by atoms with Crippen molar-refractivity contribution >= 4 is 27.3 Å². The lowest BCUT2D eigenvalue weighted by atomic mass is 10.3. The predicted octanol–water partition coefficient (Wildman–Crippen LogP) is -0.528. The van der Waals surface area contributed by atoms with E-state index in [0.29, 0.717) is 0 Å². The van der Waals surface area contributed by atoms with Crippen LogP contribution in [0.15, 0.2) is 21.7 Å². The van der Waals surface area contributed by atoms with Crippen LogP contribution in [0.4, 0.5) is 0 Å². The zero-order valence-electron chi connectivity index (χ0n) is 7.45. The predicted molar refractivity (Wildman–Crippen MR) is 53.2 cm³/mol. The van der Waals surface area contributed by atoms with Crippen molar-refractivity contribution in [2.24, 2.45) is 0 Å². The highest BCUT2D eigenvalue weighted by Crippen LogP contribution is 2.15. The molecule has 0 aliphatic heterocycles. The number of aliphatic hydroxyl groups is 1. The van der Waals surface area contributed by atoms with Crippen LogP contribution in [-0.2, 0) is 14.8 Å². The van der Waals surface area contributed by atoms with Gasteiger partial charge in [-0.3, -0.25) is 4.79 Å². The SMILES string of the molecule is O=C(O)[C@@H](CO)NS(=O)(=O)c1cccs1. The number of hydrogen-bond donors (Lipinski definition) is 3. The highest BCUT2D eigenvalue weighted by Gasteiger charge is 2.24. The fourth-order valence-corrected chi connectivity index (χ4v) is 3.02. The van der Waals surface area contributed by atoms with E-state index >= 15 is 0 Å². The van der Waals surface area contributed by atoms with Gasteiger partial charge in [0.15, 0.2) is 0 Å². The van der Waals surface area contributed by atoms with Gasteiger partial charge in [0.05, 0.1) is 6.61 Å². The first-order chi connectivity index (χ1) is 6.97. The average molecular weight is 251 g/mol. The number of carboxylic acids is 1. The number of aliphatic hydroxyl groups excluding tert-OH is 1. The number of sulfonamides is 1. The second-order valence-corrected chi connectivity index (χ2v) is 5.52. The van der Waals surface area contributed by atoms with Crippen LogP contribution in [0.1, 0.15) is 0 Å². The van der Waals surface area contributed by atoms with E-state index in [1.807, 2.05) is 4.72 Å². The summed E-state index contributed by atoms with van der Waals surface area (Å²) in [5.74, 6) is -1.42. The molecule has 0 saturated heterocycles. The minimum atomic E-state index is -3.85. The molecule has 6 nitrogen and oxygen atoms in total. The molecule has 0 radical (unpaired) electrons. The molecule has 0 aliphatic rings. The zero-order valence-corrected chi connectivity index (χ0v) is 9.09. The second-order valence-electron chi connectivity index (χ2n) is 2.63. The van der Waals surface area contributed by atoms with E-state index < -0.39 is 28.6 Å². The number of carboxylic acid groups (broad SMARTS) is 1. The molecule has 0 unspecified atom stereocenters. The van der Waals surface area contributed by atoms with Gasteiger partial charge in [-0.1, -0.05) is 6.07 Å². The summed E-state index contributed by atoms with van der Waals surface area (Å²) in [6.45, 7) is -0.792. The van der Waals surface area contributed by atoms with Crippen LogP contribution < -0.4 is 4.72 Å². The number of rotatable bonds is 5. The quantitative estimate of drug-likeness (QED) is 0.652. The molecule has 0 bridgehead atoms. The van der Waals surface area contributed by atoms with Gasteiger partial charge in [-0.15, -0.1) is 11.3 Å². The summed E-state index contributed by atoms with van der Waals surface area (Å²) in [6.07, 6.45) is 0. The fourth-order valence-electron chi connectivity index (χ4n) is 0.828. The van der Waals surface area contributed by atoms with Crippen LogP contribution in [0.5, 0.6) is 0 Å². The maximum Gasteiger partial charge on any atom is 0.324 e. The molecule has 8 heteroatoms. The first-order valence-corrected chi connectivity index (χ1v) is 6.23. The van der Waals surface area contributed by atoms with E-state index in [4.69, 9.17) is 10.2 Å². The lowest BCUT2D eigenvalue weighted by molar-refractivity contribution is -0.139. The first-order valence-electron chi connectivity index (χ1n) is 3.87. The minimum absolute atomic E-state index is 0.0159. The van der Waals surface area contributed by atoms with Crippen LogP contribution >= 0.6 is 11.3 Å². The molecule has 0 aromatic carbocycles. The molecule has 0 amide bonds. The van der Waals surface area contributed by atoms with Gasteiger partial charge in [-0.25, -0.2) is 8.42 Å². The molecule has 1 rings (SSSR count). The maximum atomic E-state index is 11.5. The number of nitrogens with one attached hydrogen (secondary N) is 1. The molecule has 0 spiro atoms. The van der Waals surface area contributed by atoms with Gasteiger partial charge >= 0.3 is 5.97 Å². The van der Waals surface area contributed by atoms with Gasteiger partial charge in [-0.05, 0) is 11.4 Å². The summed E-state index contributed by atoms with van der Waals surface area (Å²) in [7, 11) is -3.85. The van der Waals surface area contributed by atoms with Crippen LogP contribution in [0.3, 0.4) is 0 Å². The van der Waals surface area contributed by atoms with Crippen molar-refractivity contribution in [2.75, 3.05) is 6.61 Å². The second kappa shape index (κ2) is 4.71. The topological polar surface area (TPSA) is 104 Å². The van der Waals surface area contributed by atoms with Gasteiger partial charge in [0.1, 0.15) is 10.3 Å². The Balaban J connectivity index is 2.86. The Bertz CT molecular complexity index is 424. The Morgan fingerprint density at radius 2 is 2.27 bits per heavy atom. The van der Waals surface area contributed by atoms with E-state index in [0.717, 1.165) is 11.3 Å². The molecule has 1 heterocycles. The third-order valence-electron chi connectivity index (χ3n) is 1.54. The highest BCUT2D eigenvalue weighted by atomic mass is 32.2. The maximum absolute atomic E-state index is 11.5. The van der Waals surface area contributed by atoms with E-state index in [1.54, 1.807) is 5.38 Å². The zero-order chi connectivity index (χ0) is 11.5. The lowest BCUT2D eigenvalue weighted by Gasteiger charge is -2.10. The van der Waals surface area contributed by atoms with Crippen molar-refractivity contribution in [1.82, 2.24) is 4.72 Å². The number of carbonyl (C=O) groups is 1. The van der Waals surface area contributed by atoms with Crippen molar-refractivity contribution in [3.05, 3.63) is 17.5 Å². The van der Waals surface area contributed by atoms with Crippen molar-refractivity contribution in [3.8, 4) is 0 Å². The number of aliphatic carboxylic acids is 1. The number of thiophene rings is 1. The Kier molecular flexibility index (Phi) is 3.80. The van der Waals surface area contributed by atoms with Crippen molar-refractivity contribution in [2.45, 2.75) is 10.3 Å². The van der Waals surface area contributed by atoms with Gasteiger partial charge in [0.2, 0.25) is 0 Å². The van der Waals surface area contributed by atoms with Gasteiger partial charge in [-0.2, -0.15) is 4.72 Å². The van der Waals surface area contributed by atoms with Crippen LogP contribution in [0.25, 0.3) is 0 Å². The third kappa shape index (κ3) is 2.99. The molecule has 0 saturated carbocycles. The fraction of sp³-hybridized carbons (Fsp3) is 0.286. The van der Waals surface area contributed by atoms with Gasteiger partial charge < -0.3 is 10.2 Å². The summed E-state index contributed by atoms with van der Waals surface area (Å²) in [6, 6.07) is 1.37. The molecule has 84 valence electrons. The highest BCUT2D eigenvalue weighted by molar-refractivity contribution is 7.91. The molecule has 0 aliphatic carbocycles. The third-order valence-corrected chi connectivity index (χ3v) is 4.41. The molecule has 1 atom stereocenters. The Labute approximate surface area is 90.2 Å². The molecule has 1 aromatic heterocycles. The average Bonchev–Trinajstić information content (AvgIpc) is 2.67.